The largest absolute Gasteiger partial charge is 0.367 e. The molecule has 0 spiro atoms. The smallest absolute Gasteiger partial charge is 0.259 e. The van der Waals surface area contributed by atoms with E-state index in [9.17, 15) is 4.79 Å². The molecule has 2 aromatic rings. The number of nitrogens with one attached hydrogen (secondary N) is 2. The summed E-state index contributed by atoms with van der Waals surface area (Å²) < 4.78 is 5.31. The fraction of sp³-hybridized carbons (Fsp3) is 0.250. The molecule has 2 rings (SSSR count). The Labute approximate surface area is 98.9 Å². The van der Waals surface area contributed by atoms with E-state index < -0.39 is 0 Å². The van der Waals surface area contributed by atoms with Gasteiger partial charge >= 0.3 is 0 Å². The van der Waals surface area contributed by atoms with Crippen molar-refractivity contribution in [2.24, 2.45) is 5.84 Å². The van der Waals surface area contributed by atoms with Gasteiger partial charge in [0.1, 0.15) is 6.61 Å². The van der Waals surface area contributed by atoms with Crippen LogP contribution in [0.4, 0.5) is 0 Å². The molecule has 0 bridgehead atoms. The van der Waals surface area contributed by atoms with Gasteiger partial charge in [0.05, 0.1) is 6.61 Å². The average molecular weight is 233 g/mol. The number of para-hydroxylation sites is 1. The lowest BCUT2D eigenvalue weighted by Crippen LogP contribution is -2.33. The summed E-state index contributed by atoms with van der Waals surface area (Å²) in [4.78, 5) is 14.2. The molecule has 0 aliphatic rings. The molecule has 0 atom stereocenters. The van der Waals surface area contributed by atoms with Crippen LogP contribution < -0.4 is 11.3 Å². The molecule has 0 aliphatic heterocycles. The maximum atomic E-state index is 10.9. The van der Waals surface area contributed by atoms with E-state index in [0.29, 0.717) is 6.61 Å². The third-order valence-corrected chi connectivity index (χ3v) is 2.67. The topological polar surface area (TPSA) is 80.1 Å². The van der Waals surface area contributed by atoms with Crippen LogP contribution in [0.3, 0.4) is 0 Å². The summed E-state index contributed by atoms with van der Waals surface area (Å²) >= 11 is 0. The molecule has 0 saturated heterocycles. The quantitative estimate of drug-likeness (QED) is 0.418. The SMILES string of the molecule is Cc1[nH]c2ccccc2c1COCC(=O)NN. The van der Waals surface area contributed by atoms with Crippen molar-refractivity contribution in [2.75, 3.05) is 6.61 Å². The Morgan fingerprint density at radius 1 is 1.47 bits per heavy atom. The van der Waals surface area contributed by atoms with Crippen LogP contribution in [-0.2, 0) is 16.1 Å². The molecule has 17 heavy (non-hydrogen) atoms. The van der Waals surface area contributed by atoms with Gasteiger partial charge < -0.3 is 9.72 Å². The zero-order valence-corrected chi connectivity index (χ0v) is 9.62. The zero-order chi connectivity index (χ0) is 12.3. The number of fused-ring (bicyclic) bond motifs is 1. The van der Waals surface area contributed by atoms with Crippen molar-refractivity contribution in [2.45, 2.75) is 13.5 Å². The first-order chi connectivity index (χ1) is 8.22. The lowest BCUT2D eigenvalue weighted by molar-refractivity contribution is -0.126. The Balaban J connectivity index is 2.12. The summed E-state index contributed by atoms with van der Waals surface area (Å²) in [6.07, 6.45) is 0. The van der Waals surface area contributed by atoms with Crippen molar-refractivity contribution in [3.8, 4) is 0 Å². The first-order valence-electron chi connectivity index (χ1n) is 5.35. The van der Waals surface area contributed by atoms with Gasteiger partial charge in [0.25, 0.3) is 5.91 Å². The van der Waals surface area contributed by atoms with E-state index in [1.165, 1.54) is 0 Å². The van der Waals surface area contributed by atoms with Crippen molar-refractivity contribution >= 4 is 16.8 Å². The minimum Gasteiger partial charge on any atom is -0.367 e. The van der Waals surface area contributed by atoms with E-state index in [0.717, 1.165) is 22.2 Å². The average Bonchev–Trinajstić information content (AvgIpc) is 2.66. The van der Waals surface area contributed by atoms with Crippen LogP contribution in [0.25, 0.3) is 10.9 Å². The van der Waals surface area contributed by atoms with Gasteiger partial charge in [-0.2, -0.15) is 0 Å². The number of aromatic amines is 1. The summed E-state index contributed by atoms with van der Waals surface area (Å²) in [6.45, 7) is 2.35. The molecule has 1 heterocycles. The molecule has 5 heteroatoms. The van der Waals surface area contributed by atoms with E-state index in [2.05, 4.69) is 4.98 Å². The monoisotopic (exact) mass is 233 g/mol. The van der Waals surface area contributed by atoms with Crippen LogP contribution in [-0.4, -0.2) is 17.5 Å². The van der Waals surface area contributed by atoms with Crippen molar-refractivity contribution < 1.29 is 9.53 Å². The number of carbonyl (C=O) groups excluding carboxylic acids is 1. The molecule has 0 aliphatic carbocycles. The Bertz CT molecular complexity index is 534. The van der Waals surface area contributed by atoms with Crippen LogP contribution >= 0.6 is 0 Å². The second-order valence-corrected chi connectivity index (χ2v) is 3.83. The van der Waals surface area contributed by atoms with Gasteiger partial charge in [0, 0.05) is 22.2 Å². The summed E-state index contributed by atoms with van der Waals surface area (Å²) in [6, 6.07) is 8.00. The third-order valence-electron chi connectivity index (χ3n) is 2.67. The second kappa shape index (κ2) is 4.99. The van der Waals surface area contributed by atoms with Gasteiger partial charge in [0.15, 0.2) is 0 Å². The van der Waals surface area contributed by atoms with Crippen LogP contribution in [0.1, 0.15) is 11.3 Å². The molecular weight excluding hydrogens is 218 g/mol. The fourth-order valence-electron chi connectivity index (χ4n) is 1.81. The van der Waals surface area contributed by atoms with E-state index >= 15 is 0 Å². The number of hydrogen-bond acceptors (Lipinski definition) is 3. The first-order valence-corrected chi connectivity index (χ1v) is 5.35. The molecule has 0 radical (unpaired) electrons. The molecule has 4 N–H and O–H groups in total. The summed E-state index contributed by atoms with van der Waals surface area (Å²) in [5, 5.41) is 1.12. The normalized spacial score (nSPS) is 10.7. The highest BCUT2D eigenvalue weighted by atomic mass is 16.5. The maximum absolute atomic E-state index is 10.9. The number of amides is 1. The molecule has 0 unspecified atom stereocenters. The van der Waals surface area contributed by atoms with Gasteiger partial charge in [-0.1, -0.05) is 18.2 Å². The predicted molar refractivity (Wildman–Crippen MR) is 65.0 cm³/mol. The van der Waals surface area contributed by atoms with Crippen molar-refractivity contribution in [3.05, 3.63) is 35.5 Å². The van der Waals surface area contributed by atoms with Crippen LogP contribution in [0.5, 0.6) is 0 Å². The highest BCUT2D eigenvalue weighted by Crippen LogP contribution is 2.22. The minimum atomic E-state index is -0.331. The Morgan fingerprint density at radius 2 is 2.24 bits per heavy atom. The standard InChI is InChI=1S/C12H15N3O2/c1-8-10(6-17-7-12(16)15-13)9-4-2-3-5-11(9)14-8/h2-5,14H,6-7,13H2,1H3,(H,15,16). The number of H-pyrrole nitrogens is 1. The van der Waals surface area contributed by atoms with Crippen LogP contribution in [0.15, 0.2) is 24.3 Å². The van der Waals surface area contributed by atoms with Crippen LogP contribution in [0, 0.1) is 6.92 Å². The zero-order valence-electron chi connectivity index (χ0n) is 9.62. The maximum Gasteiger partial charge on any atom is 0.259 e. The molecule has 90 valence electrons. The van der Waals surface area contributed by atoms with E-state index in [4.69, 9.17) is 10.6 Å². The minimum absolute atomic E-state index is 0.0323. The van der Waals surface area contributed by atoms with E-state index in [1.807, 2.05) is 36.6 Å². The number of benzene rings is 1. The first kappa shape index (κ1) is 11.6. The third kappa shape index (κ3) is 2.46. The van der Waals surface area contributed by atoms with Gasteiger partial charge in [-0.15, -0.1) is 0 Å². The second-order valence-electron chi connectivity index (χ2n) is 3.83. The number of rotatable bonds is 4. The number of ether oxygens (including phenoxy) is 1. The van der Waals surface area contributed by atoms with Gasteiger partial charge in [0.2, 0.25) is 0 Å². The molecule has 1 amide bonds. The number of hydrogen-bond donors (Lipinski definition) is 3. The van der Waals surface area contributed by atoms with Crippen molar-refractivity contribution in [1.82, 2.24) is 10.4 Å². The van der Waals surface area contributed by atoms with Crippen LogP contribution in [0.2, 0.25) is 0 Å². The lowest BCUT2D eigenvalue weighted by atomic mass is 10.1. The van der Waals surface area contributed by atoms with E-state index in [1.54, 1.807) is 0 Å². The number of nitrogens with two attached hydrogens (primary N) is 1. The Morgan fingerprint density at radius 3 is 3.00 bits per heavy atom. The lowest BCUT2D eigenvalue weighted by Gasteiger charge is -2.03. The molecule has 0 fully saturated rings. The Kier molecular flexibility index (Phi) is 3.41. The Hall–Kier alpha value is -1.85. The summed E-state index contributed by atoms with van der Waals surface area (Å²) in [7, 11) is 0. The van der Waals surface area contributed by atoms with Gasteiger partial charge in [-0.3, -0.25) is 10.2 Å². The fourth-order valence-corrected chi connectivity index (χ4v) is 1.81. The number of hydrazine groups is 1. The number of carbonyl (C=O) groups is 1. The van der Waals surface area contributed by atoms with Gasteiger partial charge in [-0.25, -0.2) is 5.84 Å². The van der Waals surface area contributed by atoms with Crippen molar-refractivity contribution in [1.29, 1.82) is 0 Å². The molecule has 1 aromatic heterocycles. The highest BCUT2D eigenvalue weighted by Gasteiger charge is 2.08. The summed E-state index contributed by atoms with van der Waals surface area (Å²) in [5.41, 5.74) is 5.23. The molecule has 5 nitrogen and oxygen atoms in total. The molecular formula is C12H15N3O2. The predicted octanol–water partition coefficient (Wildman–Crippen LogP) is 0.983. The molecule has 1 aromatic carbocycles. The molecule has 0 saturated carbocycles. The van der Waals surface area contributed by atoms with Crippen molar-refractivity contribution in [3.63, 3.8) is 0 Å². The number of aromatic nitrogens is 1. The number of aryl methyl sites for hydroxylation is 1. The highest BCUT2D eigenvalue weighted by molar-refractivity contribution is 5.84. The summed E-state index contributed by atoms with van der Waals surface area (Å²) in [5.74, 6) is 4.64. The van der Waals surface area contributed by atoms with E-state index in [-0.39, 0.29) is 12.5 Å². The van der Waals surface area contributed by atoms with Gasteiger partial charge in [-0.05, 0) is 13.0 Å².